The quantitative estimate of drug-likeness (QED) is 0.154. The molecule has 12 heteroatoms. The molecule has 16 aromatic rings. The lowest BCUT2D eigenvalue weighted by Crippen LogP contribution is -2.17. The van der Waals surface area contributed by atoms with Crippen LogP contribution >= 0.6 is 0 Å². The highest BCUT2D eigenvalue weighted by Gasteiger charge is 2.36. The first-order valence-electron chi connectivity index (χ1n) is 25.6. The van der Waals surface area contributed by atoms with Crippen LogP contribution in [0.1, 0.15) is 5.56 Å². The molecule has 0 amide bonds. The molecule has 0 bridgehead atoms. The summed E-state index contributed by atoms with van der Waals surface area (Å²) in [4.78, 5) is 35.8. The third-order valence-corrected chi connectivity index (χ3v) is 15.2. The molecule has 78 heavy (non-hydrogen) atoms. The fourth-order valence-corrected chi connectivity index (χ4v) is 12.0. The zero-order chi connectivity index (χ0) is 51.4. The van der Waals surface area contributed by atoms with Crippen molar-refractivity contribution >= 4 is 87.2 Å². The Kier molecular flexibility index (Phi) is 9.39. The van der Waals surface area contributed by atoms with Gasteiger partial charge in [-0.1, -0.05) is 133 Å². The van der Waals surface area contributed by atoms with Crippen molar-refractivity contribution < 1.29 is 0 Å². The van der Waals surface area contributed by atoms with Crippen molar-refractivity contribution in [3.05, 3.63) is 237 Å². The van der Waals surface area contributed by atoms with Gasteiger partial charge < -0.3 is 18.3 Å². The highest BCUT2D eigenvalue weighted by molar-refractivity contribution is 6.16. The van der Waals surface area contributed by atoms with Crippen LogP contribution in [0.5, 0.6) is 0 Å². The third-order valence-electron chi connectivity index (χ3n) is 15.2. The largest absolute Gasteiger partial charge is 0.305 e. The summed E-state index contributed by atoms with van der Waals surface area (Å²) >= 11 is 0. The van der Waals surface area contributed by atoms with Gasteiger partial charge in [0, 0.05) is 79.0 Å². The van der Waals surface area contributed by atoms with Gasteiger partial charge in [0.1, 0.15) is 6.07 Å². The maximum atomic E-state index is 12.8. The number of pyridine rings is 4. The van der Waals surface area contributed by atoms with Gasteiger partial charge in [-0.3, -0.25) is 19.9 Å². The number of nitrogens with zero attached hydrogens (tertiary/aromatic N) is 12. The molecule has 0 radical (unpaired) electrons. The predicted octanol–water partition coefficient (Wildman–Crippen LogP) is 14.7. The maximum absolute atomic E-state index is 12.8. The minimum atomic E-state index is 0.291. The molecule has 0 aliphatic carbocycles. The summed E-state index contributed by atoms with van der Waals surface area (Å²) in [6, 6.07) is 64.8. The number of hydrogen-bond donors (Lipinski definition) is 0. The fourth-order valence-electron chi connectivity index (χ4n) is 12.0. The van der Waals surface area contributed by atoms with Crippen LogP contribution in [0.25, 0.3) is 144 Å². The van der Waals surface area contributed by atoms with Gasteiger partial charge in [-0.2, -0.15) is 5.26 Å². The Morgan fingerprint density at radius 2 is 0.577 bits per heavy atom. The van der Waals surface area contributed by atoms with E-state index in [9.17, 15) is 5.26 Å². The van der Waals surface area contributed by atoms with Gasteiger partial charge in [-0.05, 0) is 48.5 Å². The molecule has 7 aromatic carbocycles. The molecule has 12 nitrogen and oxygen atoms in total. The van der Waals surface area contributed by atoms with Crippen molar-refractivity contribution in [2.24, 2.45) is 0 Å². The monoisotopic (exact) mass is 998 g/mol. The molecule has 0 fully saturated rings. The summed E-state index contributed by atoms with van der Waals surface area (Å²) in [6.45, 7) is 0. The molecule has 0 atom stereocenters. The Hall–Kier alpha value is -11.2. The molecular formula is C66H38N12. The van der Waals surface area contributed by atoms with Crippen LogP contribution in [0.4, 0.5) is 0 Å². The SMILES string of the molecule is N#Cc1c(-c2nc(-c3ccccc3)nc(-c3ccccc3)n2)c(-n2c3ccccc3c3ccncc32)c(-n2c3ccccc3c3ccncc32)c(-n2c3ccccc3c3ccncc32)c1-n1c2ccccc2c2ccncc21. The van der Waals surface area contributed by atoms with E-state index in [0.29, 0.717) is 51.3 Å². The number of benzene rings is 7. The minimum Gasteiger partial charge on any atom is -0.305 e. The van der Waals surface area contributed by atoms with Gasteiger partial charge in [0.2, 0.25) is 0 Å². The Labute approximate surface area is 443 Å². The van der Waals surface area contributed by atoms with Crippen molar-refractivity contribution in [3.63, 3.8) is 0 Å². The second kappa shape index (κ2) is 16.9. The average Bonchev–Trinajstić information content (AvgIpc) is 4.42. The van der Waals surface area contributed by atoms with E-state index in [1.165, 1.54) is 0 Å². The first kappa shape index (κ1) is 43.3. The first-order valence-corrected chi connectivity index (χ1v) is 25.6. The predicted molar refractivity (Wildman–Crippen MR) is 309 cm³/mol. The van der Waals surface area contributed by atoms with Crippen LogP contribution in [-0.4, -0.2) is 53.2 Å². The summed E-state index contributed by atoms with van der Waals surface area (Å²) in [5.41, 5.74) is 11.8. The summed E-state index contributed by atoms with van der Waals surface area (Å²) in [6.07, 6.45) is 15.0. The molecule has 0 aliphatic heterocycles. The average molecular weight is 999 g/mol. The van der Waals surface area contributed by atoms with Crippen LogP contribution in [0, 0.1) is 11.3 Å². The normalized spacial score (nSPS) is 11.8. The van der Waals surface area contributed by atoms with Crippen LogP contribution in [0.2, 0.25) is 0 Å². The molecule has 16 rings (SSSR count). The zero-order valence-corrected chi connectivity index (χ0v) is 41.3. The van der Waals surface area contributed by atoms with E-state index in [1.807, 2.05) is 116 Å². The van der Waals surface area contributed by atoms with Crippen molar-refractivity contribution in [3.8, 4) is 63.0 Å². The van der Waals surface area contributed by atoms with Crippen molar-refractivity contribution in [1.82, 2.24) is 53.2 Å². The van der Waals surface area contributed by atoms with Crippen molar-refractivity contribution in [2.75, 3.05) is 0 Å². The number of hydrogen-bond acceptors (Lipinski definition) is 8. The van der Waals surface area contributed by atoms with Crippen LogP contribution in [-0.2, 0) is 0 Å². The maximum Gasteiger partial charge on any atom is 0.167 e. The molecule has 0 N–H and O–H groups in total. The fraction of sp³-hybridized carbons (Fsp3) is 0. The van der Waals surface area contributed by atoms with Gasteiger partial charge in [0.15, 0.2) is 17.5 Å². The topological polar surface area (TPSA) is 134 Å². The Morgan fingerprint density at radius 3 is 0.949 bits per heavy atom. The molecule has 9 heterocycles. The lowest BCUT2D eigenvalue weighted by atomic mass is 9.96. The zero-order valence-electron chi connectivity index (χ0n) is 41.3. The first-order chi connectivity index (χ1) is 38.7. The Bertz CT molecular complexity index is 4910. The van der Waals surface area contributed by atoms with E-state index in [2.05, 4.69) is 140 Å². The number of para-hydroxylation sites is 4. The summed E-state index contributed by atoms with van der Waals surface area (Å²) in [7, 11) is 0. The van der Waals surface area contributed by atoms with Crippen LogP contribution in [0.15, 0.2) is 232 Å². The van der Waals surface area contributed by atoms with Crippen molar-refractivity contribution in [2.45, 2.75) is 0 Å². The van der Waals surface area contributed by atoms with E-state index < -0.39 is 0 Å². The number of rotatable bonds is 7. The minimum absolute atomic E-state index is 0.291. The smallest absolute Gasteiger partial charge is 0.167 e. The molecular weight excluding hydrogens is 961 g/mol. The van der Waals surface area contributed by atoms with E-state index >= 15 is 0 Å². The lowest BCUT2D eigenvalue weighted by molar-refractivity contribution is 1.00. The number of fused-ring (bicyclic) bond motifs is 12. The molecule has 0 saturated carbocycles. The molecule has 9 aromatic heterocycles. The molecule has 362 valence electrons. The van der Waals surface area contributed by atoms with E-state index in [1.54, 1.807) is 0 Å². The highest BCUT2D eigenvalue weighted by atomic mass is 15.2. The number of nitriles is 1. The second-order valence-corrected chi connectivity index (χ2v) is 19.3. The molecule has 0 saturated heterocycles. The van der Waals surface area contributed by atoms with Crippen LogP contribution in [0.3, 0.4) is 0 Å². The summed E-state index contributed by atoms with van der Waals surface area (Å²) < 4.78 is 9.11. The van der Waals surface area contributed by atoms with Crippen LogP contribution < -0.4 is 0 Å². The van der Waals surface area contributed by atoms with Gasteiger partial charge in [-0.25, -0.2) is 15.0 Å². The van der Waals surface area contributed by atoms with E-state index in [-0.39, 0.29) is 0 Å². The van der Waals surface area contributed by atoms with E-state index in [4.69, 9.17) is 34.9 Å². The lowest BCUT2D eigenvalue weighted by Gasteiger charge is -2.29. The third kappa shape index (κ3) is 6.18. The van der Waals surface area contributed by atoms with Gasteiger partial charge >= 0.3 is 0 Å². The Balaban J connectivity index is 1.27. The van der Waals surface area contributed by atoms with Gasteiger partial charge in [-0.15, -0.1) is 0 Å². The van der Waals surface area contributed by atoms with Gasteiger partial charge in [0.25, 0.3) is 0 Å². The summed E-state index contributed by atoms with van der Waals surface area (Å²) in [5, 5.41) is 20.8. The summed E-state index contributed by atoms with van der Waals surface area (Å²) in [5.74, 6) is 1.18. The standard InChI is InChI=1S/C66H38N12/c67-35-50-59(66-73-64(40-15-3-1-4-16-40)72-65(74-66)41-17-5-2-6-18-41)61(76-52-24-12-8-20-43(52)47-28-32-69-37-56(47)76)63(78-54-26-14-10-22-45(54)49-30-34-71-39-58(49)78)62(77-53-25-13-9-21-44(53)48-29-33-70-38-57(48)77)60(50)75-51-23-11-7-19-42(51)46-27-31-68-36-55(46)75/h1-34,36-39H. The van der Waals surface area contributed by atoms with E-state index in [0.717, 1.165) is 98.4 Å². The second-order valence-electron chi connectivity index (χ2n) is 19.3. The Morgan fingerprint density at radius 1 is 0.282 bits per heavy atom. The molecule has 0 unspecified atom stereocenters. The highest BCUT2D eigenvalue weighted by Crippen LogP contribution is 2.51. The number of aromatic nitrogens is 11. The molecule has 0 spiro atoms. The molecule has 0 aliphatic rings. The van der Waals surface area contributed by atoms with Gasteiger partial charge in [0.05, 0.1) is 103 Å². The van der Waals surface area contributed by atoms with Crippen molar-refractivity contribution in [1.29, 1.82) is 5.26 Å².